The SMILES string of the molecule is CC(=O)Nc1ccc2oc(-c3cc(C(=O)N4CCN(C(c5ccccc5)c5nnn(C)n5)CC4)nc4ccoc34)nc2c1. The average Bonchev–Trinajstić information content (AvgIpc) is 3.77. The molecule has 0 spiro atoms. The molecule has 0 aliphatic carbocycles. The number of aromatic nitrogens is 6. The maximum atomic E-state index is 13.8. The van der Waals surface area contributed by atoms with Gasteiger partial charge in [-0.25, -0.2) is 9.97 Å². The monoisotopic (exact) mass is 577 g/mol. The Kier molecular flexibility index (Phi) is 6.62. The van der Waals surface area contributed by atoms with Crippen LogP contribution >= 0.6 is 0 Å². The Hall–Kier alpha value is -5.43. The molecule has 1 atom stereocenters. The summed E-state index contributed by atoms with van der Waals surface area (Å²) in [5.41, 5.74) is 4.56. The lowest BCUT2D eigenvalue weighted by molar-refractivity contribution is -0.114. The number of piperazine rings is 1. The molecule has 0 saturated carbocycles. The summed E-state index contributed by atoms with van der Waals surface area (Å²) in [4.78, 5) is 40.0. The number of tetrazole rings is 1. The number of carbonyl (C=O) groups is 2. The fraction of sp³-hybridized carbons (Fsp3) is 0.233. The van der Waals surface area contributed by atoms with Crippen molar-refractivity contribution in [3.05, 3.63) is 84.0 Å². The first-order valence-corrected chi connectivity index (χ1v) is 13.8. The highest BCUT2D eigenvalue weighted by molar-refractivity contribution is 5.99. The molecule has 6 aromatic rings. The molecule has 0 bridgehead atoms. The molecular formula is C30H27N9O4. The minimum Gasteiger partial charge on any atom is -0.462 e. The van der Waals surface area contributed by atoms with Crippen molar-refractivity contribution in [3.63, 3.8) is 0 Å². The average molecular weight is 578 g/mol. The lowest BCUT2D eigenvalue weighted by Crippen LogP contribution is -2.50. The molecule has 216 valence electrons. The molecule has 1 aliphatic heterocycles. The lowest BCUT2D eigenvalue weighted by atomic mass is 10.0. The predicted octanol–water partition coefficient (Wildman–Crippen LogP) is 3.67. The van der Waals surface area contributed by atoms with Gasteiger partial charge in [0.25, 0.3) is 5.91 Å². The van der Waals surface area contributed by atoms with Gasteiger partial charge in [0.2, 0.25) is 11.8 Å². The number of nitrogens with one attached hydrogen (secondary N) is 1. The minimum absolute atomic E-state index is 0.176. The molecule has 1 unspecified atom stereocenters. The van der Waals surface area contributed by atoms with Crippen molar-refractivity contribution in [3.8, 4) is 11.5 Å². The van der Waals surface area contributed by atoms with Crippen LogP contribution in [0.4, 0.5) is 5.69 Å². The van der Waals surface area contributed by atoms with Crippen molar-refractivity contribution in [2.45, 2.75) is 13.0 Å². The van der Waals surface area contributed by atoms with E-state index in [1.807, 2.05) is 18.2 Å². The number of rotatable bonds is 6. The molecule has 2 aromatic carbocycles. The van der Waals surface area contributed by atoms with Crippen LogP contribution in [0.2, 0.25) is 0 Å². The first-order valence-electron chi connectivity index (χ1n) is 13.8. The number of pyridine rings is 1. The molecule has 43 heavy (non-hydrogen) atoms. The number of benzene rings is 2. The van der Waals surface area contributed by atoms with Crippen molar-refractivity contribution >= 4 is 39.7 Å². The highest BCUT2D eigenvalue weighted by Crippen LogP contribution is 2.33. The number of carbonyl (C=O) groups excluding carboxylic acids is 2. The number of aryl methyl sites for hydroxylation is 1. The zero-order valence-electron chi connectivity index (χ0n) is 23.5. The summed E-state index contributed by atoms with van der Waals surface area (Å²) in [5, 5.41) is 15.6. The third-order valence-corrected chi connectivity index (χ3v) is 7.42. The Bertz CT molecular complexity index is 1950. The molecule has 1 N–H and O–H groups in total. The van der Waals surface area contributed by atoms with Crippen LogP contribution in [0, 0.1) is 0 Å². The van der Waals surface area contributed by atoms with Gasteiger partial charge in [-0.3, -0.25) is 14.5 Å². The fourth-order valence-corrected chi connectivity index (χ4v) is 5.46. The number of amides is 2. The molecule has 1 aliphatic rings. The van der Waals surface area contributed by atoms with E-state index in [0.717, 1.165) is 5.56 Å². The van der Waals surface area contributed by atoms with Crippen LogP contribution in [-0.2, 0) is 11.8 Å². The van der Waals surface area contributed by atoms with Crippen LogP contribution < -0.4 is 5.32 Å². The molecule has 4 aromatic heterocycles. The van der Waals surface area contributed by atoms with Gasteiger partial charge >= 0.3 is 0 Å². The van der Waals surface area contributed by atoms with E-state index in [9.17, 15) is 9.59 Å². The van der Waals surface area contributed by atoms with Crippen molar-refractivity contribution in [1.82, 2.24) is 40.0 Å². The molecule has 13 heteroatoms. The Morgan fingerprint density at radius 2 is 1.77 bits per heavy atom. The van der Waals surface area contributed by atoms with E-state index < -0.39 is 0 Å². The van der Waals surface area contributed by atoms with Crippen LogP contribution in [-0.4, -0.2) is 78.0 Å². The van der Waals surface area contributed by atoms with Crippen LogP contribution in [0.15, 0.2) is 75.8 Å². The normalized spacial score (nSPS) is 14.8. The predicted molar refractivity (Wildman–Crippen MR) is 156 cm³/mol. The molecule has 1 saturated heterocycles. The smallest absolute Gasteiger partial charge is 0.272 e. The molecule has 1 fully saturated rings. The van der Waals surface area contributed by atoms with Gasteiger partial charge < -0.3 is 19.1 Å². The maximum Gasteiger partial charge on any atom is 0.272 e. The van der Waals surface area contributed by atoms with Gasteiger partial charge in [0, 0.05) is 44.9 Å². The second-order valence-electron chi connectivity index (χ2n) is 10.4. The van der Waals surface area contributed by atoms with Gasteiger partial charge in [-0.1, -0.05) is 30.3 Å². The third-order valence-electron chi connectivity index (χ3n) is 7.42. The van der Waals surface area contributed by atoms with E-state index in [2.05, 4.69) is 47.7 Å². The number of nitrogens with zero attached hydrogens (tertiary/aromatic N) is 8. The number of furan rings is 1. The van der Waals surface area contributed by atoms with E-state index in [1.165, 1.54) is 18.0 Å². The zero-order valence-corrected chi connectivity index (χ0v) is 23.5. The Labute approximate surface area is 245 Å². The van der Waals surface area contributed by atoms with Gasteiger partial charge in [0.15, 0.2) is 17.0 Å². The third kappa shape index (κ3) is 5.10. The molecule has 7 rings (SSSR count). The lowest BCUT2D eigenvalue weighted by Gasteiger charge is -2.38. The summed E-state index contributed by atoms with van der Waals surface area (Å²) in [6, 6.07) is 18.5. The quantitative estimate of drug-likeness (QED) is 0.311. The standard InChI is InChI=1S/C30H27N9O4/c1-18(40)31-20-8-9-25-23(16-20)33-29(43-25)21-17-24(32-22-10-15-42-27(21)22)30(41)39-13-11-38(12-14-39)26(19-6-4-3-5-7-19)28-34-36-37(2)35-28/h3-10,15-17,26H,11-14H2,1-2H3,(H,31,40). The first-order chi connectivity index (χ1) is 20.9. The highest BCUT2D eigenvalue weighted by Gasteiger charge is 2.32. The Morgan fingerprint density at radius 3 is 2.51 bits per heavy atom. The van der Waals surface area contributed by atoms with E-state index in [0.29, 0.717) is 71.3 Å². The van der Waals surface area contributed by atoms with Crippen molar-refractivity contribution in [2.24, 2.45) is 7.05 Å². The Balaban J connectivity index is 1.15. The first kappa shape index (κ1) is 26.5. The van der Waals surface area contributed by atoms with Gasteiger partial charge in [-0.2, -0.15) is 4.80 Å². The molecule has 5 heterocycles. The van der Waals surface area contributed by atoms with Crippen LogP contribution in [0.25, 0.3) is 33.7 Å². The molecular weight excluding hydrogens is 550 g/mol. The van der Waals surface area contributed by atoms with E-state index in [4.69, 9.17) is 8.83 Å². The topological polar surface area (TPSA) is 148 Å². The van der Waals surface area contributed by atoms with Gasteiger partial charge in [0.05, 0.1) is 24.9 Å². The molecule has 2 amide bonds. The summed E-state index contributed by atoms with van der Waals surface area (Å²) in [6.07, 6.45) is 1.52. The second kappa shape index (κ2) is 10.8. The fourth-order valence-electron chi connectivity index (χ4n) is 5.46. The maximum absolute atomic E-state index is 13.8. The van der Waals surface area contributed by atoms with E-state index in [1.54, 1.807) is 42.3 Å². The van der Waals surface area contributed by atoms with Crippen molar-refractivity contribution in [2.75, 3.05) is 31.5 Å². The van der Waals surface area contributed by atoms with Gasteiger partial charge in [-0.05, 0) is 35.0 Å². The minimum atomic E-state index is -0.193. The second-order valence-corrected chi connectivity index (χ2v) is 10.4. The molecule has 0 radical (unpaired) electrons. The van der Waals surface area contributed by atoms with Crippen molar-refractivity contribution < 1.29 is 18.4 Å². The van der Waals surface area contributed by atoms with E-state index in [-0.39, 0.29) is 23.6 Å². The summed E-state index contributed by atoms with van der Waals surface area (Å²) < 4.78 is 11.7. The van der Waals surface area contributed by atoms with Crippen molar-refractivity contribution in [1.29, 1.82) is 0 Å². The van der Waals surface area contributed by atoms with Gasteiger partial charge in [0.1, 0.15) is 16.7 Å². The summed E-state index contributed by atoms with van der Waals surface area (Å²) in [5.74, 6) is 0.535. The number of hydrogen-bond acceptors (Lipinski definition) is 10. The van der Waals surface area contributed by atoms with E-state index >= 15 is 0 Å². The zero-order chi connectivity index (χ0) is 29.5. The highest BCUT2D eigenvalue weighted by atomic mass is 16.4. The largest absolute Gasteiger partial charge is 0.462 e. The van der Waals surface area contributed by atoms with Crippen LogP contribution in [0.5, 0.6) is 0 Å². The Morgan fingerprint density at radius 1 is 0.953 bits per heavy atom. The number of fused-ring (bicyclic) bond motifs is 2. The van der Waals surface area contributed by atoms with Gasteiger partial charge in [-0.15, -0.1) is 10.2 Å². The summed E-state index contributed by atoms with van der Waals surface area (Å²) in [6.45, 7) is 3.67. The number of anilines is 1. The molecule has 13 nitrogen and oxygen atoms in total. The number of hydrogen-bond donors (Lipinski definition) is 1. The summed E-state index contributed by atoms with van der Waals surface area (Å²) in [7, 11) is 1.75. The summed E-state index contributed by atoms with van der Waals surface area (Å²) >= 11 is 0. The number of oxazole rings is 1. The van der Waals surface area contributed by atoms with Crippen LogP contribution in [0.3, 0.4) is 0 Å². The van der Waals surface area contributed by atoms with Crippen LogP contribution in [0.1, 0.15) is 34.8 Å².